The summed E-state index contributed by atoms with van der Waals surface area (Å²) in [5.74, 6) is 1.05. The molecule has 2 nitrogen and oxygen atoms in total. The second-order valence-corrected chi connectivity index (χ2v) is 6.49. The Balaban J connectivity index is 1.63. The summed E-state index contributed by atoms with van der Waals surface area (Å²) < 4.78 is 6.83. The van der Waals surface area contributed by atoms with Gasteiger partial charge < -0.3 is 10.1 Å². The van der Waals surface area contributed by atoms with Gasteiger partial charge in [0.1, 0.15) is 5.75 Å². The first-order valence-corrected chi connectivity index (χ1v) is 8.73. The van der Waals surface area contributed by atoms with Crippen LogP contribution in [-0.2, 0) is 6.42 Å². The lowest BCUT2D eigenvalue weighted by atomic mass is 10.1. The summed E-state index contributed by atoms with van der Waals surface area (Å²) in [6.07, 6.45) is 9.10. The monoisotopic (exact) mass is 339 g/mol. The van der Waals surface area contributed by atoms with E-state index in [-0.39, 0.29) is 0 Å². The molecule has 0 aromatic heterocycles. The van der Waals surface area contributed by atoms with Crippen LogP contribution < -0.4 is 10.1 Å². The van der Waals surface area contributed by atoms with Crippen molar-refractivity contribution < 1.29 is 4.74 Å². The molecule has 112 valence electrons. The third-order valence-corrected chi connectivity index (χ3v) is 4.20. The number of benzene rings is 1. The van der Waals surface area contributed by atoms with E-state index in [1.807, 2.05) is 6.92 Å². The third kappa shape index (κ3) is 5.84. The molecule has 0 unspecified atom stereocenters. The van der Waals surface area contributed by atoms with Gasteiger partial charge in [-0.25, -0.2) is 0 Å². The minimum atomic E-state index is 0.738. The topological polar surface area (TPSA) is 21.3 Å². The maximum Gasteiger partial charge on any atom is 0.122 e. The van der Waals surface area contributed by atoms with Gasteiger partial charge in [-0.1, -0.05) is 28.8 Å². The minimum absolute atomic E-state index is 0.738. The first kappa shape index (κ1) is 15.8. The highest BCUT2D eigenvalue weighted by Crippen LogP contribution is 2.25. The van der Waals surface area contributed by atoms with E-state index in [1.54, 1.807) is 0 Å². The fourth-order valence-electron chi connectivity index (χ4n) is 2.43. The second kappa shape index (κ2) is 8.68. The molecule has 1 saturated carbocycles. The van der Waals surface area contributed by atoms with Gasteiger partial charge in [-0.2, -0.15) is 0 Å². The third-order valence-electron chi connectivity index (χ3n) is 3.71. The van der Waals surface area contributed by atoms with E-state index in [1.165, 1.54) is 50.6 Å². The van der Waals surface area contributed by atoms with Gasteiger partial charge in [-0.05, 0) is 69.3 Å². The van der Waals surface area contributed by atoms with Crippen LogP contribution in [0.1, 0.15) is 51.0 Å². The van der Waals surface area contributed by atoms with Crippen LogP contribution in [0, 0.1) is 0 Å². The predicted octanol–water partition coefficient (Wildman–Crippen LogP) is 4.70. The van der Waals surface area contributed by atoms with E-state index in [0.29, 0.717) is 0 Å². The normalized spacial score (nSPS) is 14.5. The van der Waals surface area contributed by atoms with E-state index >= 15 is 0 Å². The summed E-state index contributed by atoms with van der Waals surface area (Å²) in [7, 11) is 0. The Labute approximate surface area is 131 Å². The van der Waals surface area contributed by atoms with Gasteiger partial charge in [0.05, 0.1) is 6.61 Å². The molecular formula is C17H26BrNO. The highest BCUT2D eigenvalue weighted by Gasteiger charge is 2.19. The van der Waals surface area contributed by atoms with Crippen LogP contribution in [-0.4, -0.2) is 19.2 Å². The lowest BCUT2D eigenvalue weighted by Crippen LogP contribution is -2.17. The van der Waals surface area contributed by atoms with Crippen molar-refractivity contribution in [2.75, 3.05) is 13.2 Å². The number of hydrogen-bond donors (Lipinski definition) is 1. The number of ether oxygens (including phenoxy) is 1. The Morgan fingerprint density at radius 3 is 2.75 bits per heavy atom. The van der Waals surface area contributed by atoms with Gasteiger partial charge in [-0.15, -0.1) is 0 Å². The van der Waals surface area contributed by atoms with Gasteiger partial charge in [0, 0.05) is 10.5 Å². The largest absolute Gasteiger partial charge is 0.494 e. The Kier molecular flexibility index (Phi) is 6.88. The molecule has 0 amide bonds. The van der Waals surface area contributed by atoms with E-state index in [9.17, 15) is 0 Å². The van der Waals surface area contributed by atoms with Crippen LogP contribution in [0.25, 0.3) is 0 Å². The lowest BCUT2D eigenvalue weighted by Gasteiger charge is -2.10. The number of rotatable bonds is 10. The first-order valence-electron chi connectivity index (χ1n) is 7.94. The Morgan fingerprint density at radius 1 is 1.20 bits per heavy atom. The maximum atomic E-state index is 5.69. The second-order valence-electron chi connectivity index (χ2n) is 5.58. The Bertz CT molecular complexity index is 404. The molecule has 20 heavy (non-hydrogen) atoms. The number of hydrogen-bond acceptors (Lipinski definition) is 2. The van der Waals surface area contributed by atoms with E-state index in [2.05, 4.69) is 39.4 Å². The summed E-state index contributed by atoms with van der Waals surface area (Å²) in [6.45, 7) is 3.98. The van der Waals surface area contributed by atoms with E-state index in [0.717, 1.165) is 29.3 Å². The first-order chi connectivity index (χ1) is 9.79. The molecule has 1 aromatic carbocycles. The molecule has 2 rings (SSSR count). The van der Waals surface area contributed by atoms with Crippen LogP contribution >= 0.6 is 15.9 Å². The fourth-order valence-corrected chi connectivity index (χ4v) is 2.84. The highest BCUT2D eigenvalue weighted by molar-refractivity contribution is 9.10. The van der Waals surface area contributed by atoms with E-state index in [4.69, 9.17) is 4.74 Å². The smallest absolute Gasteiger partial charge is 0.122 e. The summed E-state index contributed by atoms with van der Waals surface area (Å²) in [4.78, 5) is 0. The number of halogens is 1. The molecule has 0 aliphatic heterocycles. The van der Waals surface area contributed by atoms with Crippen LogP contribution in [0.5, 0.6) is 5.75 Å². The standard InChI is InChI=1S/C17H26BrNO/c1-2-20-17-11-8-15(18)13-14(17)7-5-3-4-6-12-19-16-9-10-16/h8,11,13,16,19H,2-7,9-10,12H2,1H3. The predicted molar refractivity (Wildman–Crippen MR) is 88.5 cm³/mol. The summed E-state index contributed by atoms with van der Waals surface area (Å²) >= 11 is 3.55. The average Bonchev–Trinajstić information content (AvgIpc) is 3.25. The number of aryl methyl sites for hydroxylation is 1. The van der Waals surface area contributed by atoms with Crippen LogP contribution in [0.3, 0.4) is 0 Å². The zero-order valence-corrected chi connectivity index (χ0v) is 14.0. The van der Waals surface area contributed by atoms with Crippen molar-refractivity contribution in [2.45, 2.75) is 57.9 Å². The van der Waals surface area contributed by atoms with Crippen molar-refractivity contribution in [2.24, 2.45) is 0 Å². The maximum absolute atomic E-state index is 5.69. The average molecular weight is 340 g/mol. The zero-order chi connectivity index (χ0) is 14.2. The van der Waals surface area contributed by atoms with E-state index < -0.39 is 0 Å². The minimum Gasteiger partial charge on any atom is -0.494 e. The van der Waals surface area contributed by atoms with Crippen molar-refractivity contribution in [1.82, 2.24) is 5.32 Å². The molecule has 1 N–H and O–H groups in total. The van der Waals surface area contributed by atoms with Gasteiger partial charge in [0.25, 0.3) is 0 Å². The van der Waals surface area contributed by atoms with Gasteiger partial charge in [0.2, 0.25) is 0 Å². The van der Waals surface area contributed by atoms with Crippen LogP contribution in [0.2, 0.25) is 0 Å². The molecule has 0 heterocycles. The summed E-state index contributed by atoms with van der Waals surface area (Å²) in [5, 5.41) is 3.57. The molecule has 0 saturated heterocycles. The SMILES string of the molecule is CCOc1ccc(Br)cc1CCCCCCNC1CC1. The van der Waals surface area contributed by atoms with Crippen molar-refractivity contribution in [3.63, 3.8) is 0 Å². The van der Waals surface area contributed by atoms with Crippen molar-refractivity contribution in [1.29, 1.82) is 0 Å². The number of unbranched alkanes of at least 4 members (excludes halogenated alkanes) is 3. The Morgan fingerprint density at radius 2 is 2.00 bits per heavy atom. The van der Waals surface area contributed by atoms with Crippen molar-refractivity contribution in [3.8, 4) is 5.75 Å². The molecule has 1 aromatic rings. The van der Waals surface area contributed by atoms with Crippen LogP contribution in [0.15, 0.2) is 22.7 Å². The quantitative estimate of drug-likeness (QED) is 0.623. The van der Waals surface area contributed by atoms with Crippen LogP contribution in [0.4, 0.5) is 0 Å². The molecule has 0 atom stereocenters. The van der Waals surface area contributed by atoms with Gasteiger partial charge in [0.15, 0.2) is 0 Å². The van der Waals surface area contributed by atoms with Gasteiger partial charge >= 0.3 is 0 Å². The fraction of sp³-hybridized carbons (Fsp3) is 0.647. The van der Waals surface area contributed by atoms with Crippen molar-refractivity contribution in [3.05, 3.63) is 28.2 Å². The molecule has 0 radical (unpaired) electrons. The molecule has 0 spiro atoms. The molecule has 1 aliphatic carbocycles. The molecule has 1 aliphatic rings. The lowest BCUT2D eigenvalue weighted by molar-refractivity contribution is 0.336. The highest BCUT2D eigenvalue weighted by atomic mass is 79.9. The molecule has 0 bridgehead atoms. The summed E-state index contributed by atoms with van der Waals surface area (Å²) in [5.41, 5.74) is 1.33. The molecule has 3 heteroatoms. The van der Waals surface area contributed by atoms with Crippen molar-refractivity contribution >= 4 is 15.9 Å². The molecule has 1 fully saturated rings. The molecular weight excluding hydrogens is 314 g/mol. The summed E-state index contributed by atoms with van der Waals surface area (Å²) in [6, 6.07) is 7.17. The van der Waals surface area contributed by atoms with Gasteiger partial charge in [-0.3, -0.25) is 0 Å². The zero-order valence-electron chi connectivity index (χ0n) is 12.5. The Hall–Kier alpha value is -0.540. The number of nitrogens with one attached hydrogen (secondary N) is 1.